The third-order valence-electron chi connectivity index (χ3n) is 2.16. The van der Waals surface area contributed by atoms with Crippen molar-refractivity contribution in [1.82, 2.24) is 14.6 Å². The molecule has 0 bridgehead atoms. The third kappa shape index (κ3) is 1.80. The van der Waals surface area contributed by atoms with Crippen LogP contribution in [0.1, 0.15) is 5.69 Å². The second kappa shape index (κ2) is 3.70. The lowest BCUT2D eigenvalue weighted by Crippen LogP contribution is -1.99. The highest BCUT2D eigenvalue weighted by molar-refractivity contribution is 7.19. The van der Waals surface area contributed by atoms with Crippen molar-refractivity contribution >= 4 is 22.3 Å². The second-order valence-electron chi connectivity index (χ2n) is 3.41. The first-order valence-corrected chi connectivity index (χ1v) is 5.65. The summed E-state index contributed by atoms with van der Waals surface area (Å²) in [5, 5.41) is 13.6. The van der Waals surface area contributed by atoms with Gasteiger partial charge in [-0.1, -0.05) is 11.3 Å². The number of imidazole rings is 1. The average molecular weight is 249 g/mol. The molecular weight excluding hydrogens is 242 g/mol. The van der Waals surface area contributed by atoms with E-state index in [9.17, 15) is 4.79 Å². The molecule has 0 saturated heterocycles. The number of aliphatic carboxylic acids is 1. The van der Waals surface area contributed by atoms with E-state index in [1.165, 1.54) is 11.3 Å². The Morgan fingerprint density at radius 2 is 2.47 bits per heavy atom. The summed E-state index contributed by atoms with van der Waals surface area (Å²) in [7, 11) is 0. The maximum atomic E-state index is 10.5. The summed E-state index contributed by atoms with van der Waals surface area (Å²) in [6, 6.07) is 3.60. The molecule has 0 spiro atoms. The molecule has 0 amide bonds. The molecule has 0 atom stereocenters. The molecule has 0 aromatic carbocycles. The first kappa shape index (κ1) is 10.0. The Bertz CT molecular complexity index is 637. The fourth-order valence-electron chi connectivity index (χ4n) is 1.49. The van der Waals surface area contributed by atoms with Crippen LogP contribution >= 0.6 is 11.3 Å². The van der Waals surface area contributed by atoms with Gasteiger partial charge in [-0.2, -0.15) is 5.10 Å². The van der Waals surface area contributed by atoms with Crippen LogP contribution < -0.4 is 0 Å². The highest BCUT2D eigenvalue weighted by Gasteiger charge is 2.12. The molecule has 3 rings (SSSR count). The lowest BCUT2D eigenvalue weighted by Gasteiger charge is -1.87. The van der Waals surface area contributed by atoms with E-state index >= 15 is 0 Å². The number of hydrogen-bond donors (Lipinski definition) is 1. The van der Waals surface area contributed by atoms with E-state index in [1.807, 2.05) is 6.07 Å². The summed E-state index contributed by atoms with van der Waals surface area (Å²) >= 11 is 1.36. The SMILES string of the molecule is O=C(O)Cc1cn2nc(-c3ccco3)sc2n1. The predicted molar refractivity (Wildman–Crippen MR) is 59.9 cm³/mol. The molecule has 0 aliphatic rings. The predicted octanol–water partition coefficient (Wildman–Crippen LogP) is 1.68. The number of aromatic nitrogens is 3. The van der Waals surface area contributed by atoms with Gasteiger partial charge in [-0.3, -0.25) is 4.79 Å². The molecule has 0 fully saturated rings. The standard InChI is InChI=1S/C10H7N3O3S/c14-8(15)4-6-5-13-10(11-6)17-9(12-13)7-2-1-3-16-7/h1-3,5H,4H2,(H,14,15). The van der Waals surface area contributed by atoms with Crippen molar-refractivity contribution in [2.45, 2.75) is 6.42 Å². The Morgan fingerprint density at radius 1 is 1.59 bits per heavy atom. The topological polar surface area (TPSA) is 80.6 Å². The van der Waals surface area contributed by atoms with E-state index in [-0.39, 0.29) is 6.42 Å². The zero-order chi connectivity index (χ0) is 11.8. The molecule has 0 aliphatic heterocycles. The summed E-state index contributed by atoms with van der Waals surface area (Å²) in [4.78, 5) is 15.4. The van der Waals surface area contributed by atoms with Gasteiger partial charge in [0.2, 0.25) is 4.96 Å². The number of carboxylic acid groups (broad SMARTS) is 1. The zero-order valence-electron chi connectivity index (χ0n) is 8.53. The van der Waals surface area contributed by atoms with Crippen LogP contribution in [0.25, 0.3) is 15.7 Å². The number of nitrogens with zero attached hydrogens (tertiary/aromatic N) is 3. The Balaban J connectivity index is 1.99. The summed E-state index contributed by atoms with van der Waals surface area (Å²) < 4.78 is 6.80. The maximum absolute atomic E-state index is 10.5. The van der Waals surface area contributed by atoms with E-state index in [4.69, 9.17) is 9.52 Å². The second-order valence-corrected chi connectivity index (χ2v) is 4.37. The average Bonchev–Trinajstić information content (AvgIpc) is 2.86. The smallest absolute Gasteiger partial charge is 0.309 e. The number of rotatable bonds is 3. The van der Waals surface area contributed by atoms with Crippen molar-refractivity contribution in [3.63, 3.8) is 0 Å². The van der Waals surface area contributed by atoms with E-state index in [1.54, 1.807) is 23.0 Å². The lowest BCUT2D eigenvalue weighted by atomic mass is 10.3. The summed E-state index contributed by atoms with van der Waals surface area (Å²) in [6.45, 7) is 0. The first-order chi connectivity index (χ1) is 8.22. The number of fused-ring (bicyclic) bond motifs is 1. The minimum Gasteiger partial charge on any atom is -0.481 e. The Hall–Kier alpha value is -2.15. The largest absolute Gasteiger partial charge is 0.481 e. The van der Waals surface area contributed by atoms with Crippen LogP contribution in [-0.4, -0.2) is 25.7 Å². The van der Waals surface area contributed by atoms with Crippen LogP contribution in [0.2, 0.25) is 0 Å². The fraction of sp³-hybridized carbons (Fsp3) is 0.100. The maximum Gasteiger partial charge on any atom is 0.309 e. The summed E-state index contributed by atoms with van der Waals surface area (Å²) in [5.74, 6) is -0.220. The van der Waals surface area contributed by atoms with Gasteiger partial charge in [0.15, 0.2) is 10.8 Å². The van der Waals surface area contributed by atoms with E-state index in [0.717, 1.165) is 5.01 Å². The molecule has 7 heteroatoms. The Morgan fingerprint density at radius 3 is 3.12 bits per heavy atom. The third-order valence-corrected chi connectivity index (χ3v) is 3.09. The van der Waals surface area contributed by atoms with Gasteiger partial charge in [-0.25, -0.2) is 9.50 Å². The number of carboxylic acids is 1. The Labute approximate surface area is 99.1 Å². The molecule has 6 nitrogen and oxygen atoms in total. The van der Waals surface area contributed by atoms with Crippen molar-refractivity contribution in [3.8, 4) is 10.8 Å². The molecule has 86 valence electrons. The van der Waals surface area contributed by atoms with Crippen molar-refractivity contribution in [1.29, 1.82) is 0 Å². The molecule has 3 aromatic rings. The van der Waals surface area contributed by atoms with Crippen molar-refractivity contribution < 1.29 is 14.3 Å². The molecule has 3 aromatic heterocycles. The van der Waals surface area contributed by atoms with Gasteiger partial charge in [0.05, 0.1) is 24.6 Å². The van der Waals surface area contributed by atoms with Gasteiger partial charge in [0.25, 0.3) is 0 Å². The van der Waals surface area contributed by atoms with Crippen LogP contribution in [0.4, 0.5) is 0 Å². The van der Waals surface area contributed by atoms with E-state index < -0.39 is 5.97 Å². The van der Waals surface area contributed by atoms with Crippen LogP contribution in [0.3, 0.4) is 0 Å². The van der Waals surface area contributed by atoms with Crippen molar-refractivity contribution in [2.75, 3.05) is 0 Å². The van der Waals surface area contributed by atoms with Crippen molar-refractivity contribution in [3.05, 3.63) is 30.3 Å². The monoisotopic (exact) mass is 249 g/mol. The van der Waals surface area contributed by atoms with Crippen molar-refractivity contribution in [2.24, 2.45) is 0 Å². The lowest BCUT2D eigenvalue weighted by molar-refractivity contribution is -0.136. The summed E-state index contributed by atoms with van der Waals surface area (Å²) in [5.41, 5.74) is 0.502. The zero-order valence-corrected chi connectivity index (χ0v) is 9.35. The van der Waals surface area contributed by atoms with Gasteiger partial charge in [0, 0.05) is 0 Å². The van der Waals surface area contributed by atoms with E-state index in [0.29, 0.717) is 16.4 Å². The molecule has 0 aliphatic carbocycles. The number of furan rings is 1. The minimum atomic E-state index is -0.901. The molecule has 0 radical (unpaired) electrons. The van der Waals surface area contributed by atoms with Gasteiger partial charge in [-0.05, 0) is 12.1 Å². The van der Waals surface area contributed by atoms with Gasteiger partial charge < -0.3 is 9.52 Å². The number of hydrogen-bond acceptors (Lipinski definition) is 5. The highest BCUT2D eigenvalue weighted by atomic mass is 32.1. The van der Waals surface area contributed by atoms with Gasteiger partial charge in [-0.15, -0.1) is 0 Å². The minimum absolute atomic E-state index is 0.0911. The van der Waals surface area contributed by atoms with Crippen LogP contribution in [0.5, 0.6) is 0 Å². The van der Waals surface area contributed by atoms with Crippen LogP contribution in [-0.2, 0) is 11.2 Å². The number of carbonyl (C=O) groups is 1. The van der Waals surface area contributed by atoms with Crippen LogP contribution in [0.15, 0.2) is 29.0 Å². The normalized spacial score (nSPS) is 11.1. The van der Waals surface area contributed by atoms with Gasteiger partial charge >= 0.3 is 5.97 Å². The molecular formula is C10H7N3O3S. The molecule has 0 saturated carbocycles. The van der Waals surface area contributed by atoms with Gasteiger partial charge in [0.1, 0.15) is 0 Å². The molecule has 0 unspecified atom stereocenters. The highest BCUT2D eigenvalue weighted by Crippen LogP contribution is 2.25. The summed E-state index contributed by atoms with van der Waals surface area (Å²) in [6.07, 6.45) is 3.11. The fourth-order valence-corrected chi connectivity index (χ4v) is 2.35. The molecule has 17 heavy (non-hydrogen) atoms. The first-order valence-electron chi connectivity index (χ1n) is 4.83. The van der Waals surface area contributed by atoms with E-state index in [2.05, 4.69) is 10.1 Å². The molecule has 3 heterocycles. The van der Waals surface area contributed by atoms with Crippen LogP contribution in [0, 0.1) is 0 Å². The Kier molecular flexibility index (Phi) is 2.19. The quantitative estimate of drug-likeness (QED) is 0.763. The molecule has 1 N–H and O–H groups in total.